The first-order chi connectivity index (χ1) is 12.0. The smallest absolute Gasteiger partial charge is 0.320 e. The van der Waals surface area contributed by atoms with Crippen molar-refractivity contribution in [3.8, 4) is 0 Å². The summed E-state index contributed by atoms with van der Waals surface area (Å²) in [7, 11) is 0. The number of halogens is 2. The number of nitrogens with zero attached hydrogens (tertiary/aromatic N) is 1. The van der Waals surface area contributed by atoms with Gasteiger partial charge in [-0.25, -0.2) is 0 Å². The molecule has 25 heavy (non-hydrogen) atoms. The SMILES string of the molecule is Cc1ccccc1C(c1cccc(Cl)c1Cl)N1CCCCC1C(=O)O. The van der Waals surface area contributed by atoms with Crippen molar-refractivity contribution in [2.45, 2.75) is 38.3 Å². The molecule has 1 heterocycles. The van der Waals surface area contributed by atoms with Crippen molar-refractivity contribution in [1.29, 1.82) is 0 Å². The number of carboxylic acids is 1. The molecule has 2 aromatic carbocycles. The molecule has 0 radical (unpaired) electrons. The van der Waals surface area contributed by atoms with E-state index in [1.807, 2.05) is 43.3 Å². The maximum atomic E-state index is 11.9. The zero-order valence-corrected chi connectivity index (χ0v) is 15.6. The van der Waals surface area contributed by atoms with Gasteiger partial charge in [-0.3, -0.25) is 9.69 Å². The Balaban J connectivity index is 2.17. The highest BCUT2D eigenvalue weighted by Crippen LogP contribution is 2.40. The van der Waals surface area contributed by atoms with E-state index in [4.69, 9.17) is 23.2 Å². The van der Waals surface area contributed by atoms with Gasteiger partial charge in [-0.1, -0.05) is 66.0 Å². The van der Waals surface area contributed by atoms with Crippen LogP contribution in [-0.4, -0.2) is 28.6 Å². The molecule has 1 saturated heterocycles. The van der Waals surface area contributed by atoms with Crippen molar-refractivity contribution >= 4 is 29.2 Å². The summed E-state index contributed by atoms with van der Waals surface area (Å²) in [5.41, 5.74) is 3.04. The lowest BCUT2D eigenvalue weighted by atomic mass is 9.89. The third-order valence-electron chi connectivity index (χ3n) is 4.92. The lowest BCUT2D eigenvalue weighted by molar-refractivity contribution is -0.145. The maximum absolute atomic E-state index is 11.9. The van der Waals surface area contributed by atoms with Crippen LogP contribution >= 0.6 is 23.2 Å². The minimum Gasteiger partial charge on any atom is -0.480 e. The Hall–Kier alpha value is -1.55. The Morgan fingerprint density at radius 3 is 2.56 bits per heavy atom. The van der Waals surface area contributed by atoms with Gasteiger partial charge in [0, 0.05) is 0 Å². The van der Waals surface area contributed by atoms with E-state index in [2.05, 4.69) is 4.90 Å². The molecule has 5 heteroatoms. The standard InChI is InChI=1S/C20H21Cl2NO2/c1-13-7-2-3-8-14(13)19(15-9-6-10-16(21)18(15)22)23-12-5-4-11-17(23)20(24)25/h2-3,6-10,17,19H,4-5,11-12H2,1H3,(H,24,25). The summed E-state index contributed by atoms with van der Waals surface area (Å²) in [5.74, 6) is -0.781. The fourth-order valence-electron chi connectivity index (χ4n) is 3.68. The van der Waals surface area contributed by atoms with Gasteiger partial charge in [0.05, 0.1) is 16.1 Å². The number of carboxylic acid groups (broad SMARTS) is 1. The van der Waals surface area contributed by atoms with Gasteiger partial charge in [0.1, 0.15) is 6.04 Å². The quantitative estimate of drug-likeness (QED) is 0.782. The number of aliphatic carboxylic acids is 1. The summed E-state index contributed by atoms with van der Waals surface area (Å²) in [6, 6.07) is 12.9. The van der Waals surface area contributed by atoms with Crippen molar-refractivity contribution in [3.05, 3.63) is 69.2 Å². The largest absolute Gasteiger partial charge is 0.480 e. The molecule has 3 rings (SSSR count). The van der Waals surface area contributed by atoms with Crippen molar-refractivity contribution < 1.29 is 9.90 Å². The normalized spacial score (nSPS) is 19.6. The highest BCUT2D eigenvalue weighted by Gasteiger charge is 2.36. The number of likely N-dealkylation sites (tertiary alicyclic amines) is 1. The van der Waals surface area contributed by atoms with Crippen LogP contribution in [0, 0.1) is 6.92 Å². The number of hydrogen-bond donors (Lipinski definition) is 1. The number of benzene rings is 2. The average molecular weight is 378 g/mol. The third-order valence-corrected chi connectivity index (χ3v) is 5.75. The molecule has 1 fully saturated rings. The molecule has 1 aliphatic rings. The molecule has 0 aromatic heterocycles. The lowest BCUT2D eigenvalue weighted by Crippen LogP contribution is -2.47. The predicted molar refractivity (Wildman–Crippen MR) is 101 cm³/mol. The Morgan fingerprint density at radius 1 is 1.12 bits per heavy atom. The zero-order valence-electron chi connectivity index (χ0n) is 14.1. The van der Waals surface area contributed by atoms with E-state index >= 15 is 0 Å². The highest BCUT2D eigenvalue weighted by molar-refractivity contribution is 6.42. The summed E-state index contributed by atoms with van der Waals surface area (Å²) in [5, 5.41) is 10.7. The first kappa shape index (κ1) is 18.2. The van der Waals surface area contributed by atoms with Gasteiger partial charge in [-0.15, -0.1) is 0 Å². The van der Waals surface area contributed by atoms with Crippen LogP contribution in [0.2, 0.25) is 10.0 Å². The number of carbonyl (C=O) groups is 1. The monoisotopic (exact) mass is 377 g/mol. The van der Waals surface area contributed by atoms with Crippen LogP contribution in [0.25, 0.3) is 0 Å². The summed E-state index contributed by atoms with van der Waals surface area (Å²) in [6.07, 6.45) is 2.55. The average Bonchev–Trinajstić information content (AvgIpc) is 2.60. The number of hydrogen-bond acceptors (Lipinski definition) is 2. The second-order valence-corrected chi connectivity index (χ2v) is 7.27. The lowest BCUT2D eigenvalue weighted by Gasteiger charge is -2.40. The minimum absolute atomic E-state index is 0.228. The first-order valence-electron chi connectivity index (χ1n) is 8.48. The topological polar surface area (TPSA) is 40.5 Å². The van der Waals surface area contributed by atoms with Gasteiger partial charge >= 0.3 is 5.97 Å². The predicted octanol–water partition coefficient (Wildman–Crippen LogP) is 5.33. The molecule has 0 amide bonds. The van der Waals surface area contributed by atoms with Crippen LogP contribution in [0.4, 0.5) is 0 Å². The van der Waals surface area contributed by atoms with E-state index in [-0.39, 0.29) is 6.04 Å². The van der Waals surface area contributed by atoms with E-state index in [0.29, 0.717) is 16.5 Å². The highest BCUT2D eigenvalue weighted by atomic mass is 35.5. The van der Waals surface area contributed by atoms with E-state index in [1.165, 1.54) is 0 Å². The molecule has 0 saturated carbocycles. The molecule has 132 valence electrons. The summed E-state index contributed by atoms with van der Waals surface area (Å²) in [6.45, 7) is 2.76. The molecule has 2 aromatic rings. The molecular weight excluding hydrogens is 357 g/mol. The van der Waals surface area contributed by atoms with Crippen LogP contribution < -0.4 is 0 Å². The number of rotatable bonds is 4. The number of piperidine rings is 1. The minimum atomic E-state index is -0.781. The van der Waals surface area contributed by atoms with Crippen molar-refractivity contribution in [2.24, 2.45) is 0 Å². The maximum Gasteiger partial charge on any atom is 0.320 e. The van der Waals surface area contributed by atoms with Crippen LogP contribution in [0.5, 0.6) is 0 Å². The second kappa shape index (κ2) is 7.77. The molecular formula is C20H21Cl2NO2. The van der Waals surface area contributed by atoms with E-state index in [9.17, 15) is 9.90 Å². The zero-order chi connectivity index (χ0) is 18.0. The molecule has 3 nitrogen and oxygen atoms in total. The molecule has 0 bridgehead atoms. The summed E-state index contributed by atoms with van der Waals surface area (Å²) >= 11 is 12.8. The molecule has 0 spiro atoms. The van der Waals surface area contributed by atoms with Crippen LogP contribution in [-0.2, 0) is 4.79 Å². The van der Waals surface area contributed by atoms with Gasteiger partial charge in [0.25, 0.3) is 0 Å². The van der Waals surface area contributed by atoms with Gasteiger partial charge in [0.15, 0.2) is 0 Å². The first-order valence-corrected chi connectivity index (χ1v) is 9.24. The fraction of sp³-hybridized carbons (Fsp3) is 0.350. The van der Waals surface area contributed by atoms with Crippen LogP contribution in [0.1, 0.15) is 42.0 Å². The Kier molecular flexibility index (Phi) is 5.67. The van der Waals surface area contributed by atoms with Crippen LogP contribution in [0.3, 0.4) is 0 Å². The van der Waals surface area contributed by atoms with Crippen LogP contribution in [0.15, 0.2) is 42.5 Å². The Labute approximate surface area is 158 Å². The Morgan fingerprint density at radius 2 is 1.84 bits per heavy atom. The van der Waals surface area contributed by atoms with Gasteiger partial charge in [-0.2, -0.15) is 0 Å². The summed E-state index contributed by atoms with van der Waals surface area (Å²) < 4.78 is 0. The van der Waals surface area contributed by atoms with Crippen molar-refractivity contribution in [3.63, 3.8) is 0 Å². The summed E-state index contributed by atoms with van der Waals surface area (Å²) in [4.78, 5) is 13.9. The Bertz CT molecular complexity index is 778. The fourth-order valence-corrected chi connectivity index (χ4v) is 4.09. The van der Waals surface area contributed by atoms with Gasteiger partial charge in [-0.05, 0) is 49.1 Å². The van der Waals surface area contributed by atoms with Gasteiger partial charge in [0.2, 0.25) is 0 Å². The third kappa shape index (κ3) is 3.69. The molecule has 2 unspecified atom stereocenters. The van der Waals surface area contributed by atoms with Crippen molar-refractivity contribution in [1.82, 2.24) is 4.90 Å². The molecule has 1 aliphatic heterocycles. The molecule has 1 N–H and O–H groups in total. The van der Waals surface area contributed by atoms with E-state index in [0.717, 1.165) is 36.1 Å². The molecule has 0 aliphatic carbocycles. The van der Waals surface area contributed by atoms with Crippen molar-refractivity contribution in [2.75, 3.05) is 6.54 Å². The molecule has 2 atom stereocenters. The second-order valence-electron chi connectivity index (χ2n) is 6.49. The van der Waals surface area contributed by atoms with E-state index in [1.54, 1.807) is 6.07 Å². The van der Waals surface area contributed by atoms with E-state index < -0.39 is 12.0 Å². The van der Waals surface area contributed by atoms with Gasteiger partial charge < -0.3 is 5.11 Å². The number of aryl methyl sites for hydroxylation is 1.